The third-order valence-electron chi connectivity index (χ3n) is 5.43. The summed E-state index contributed by atoms with van der Waals surface area (Å²) in [5.41, 5.74) is 4.58. The predicted molar refractivity (Wildman–Crippen MR) is 143 cm³/mol. The van der Waals surface area contributed by atoms with Gasteiger partial charge in [-0.2, -0.15) is 10.4 Å². The van der Waals surface area contributed by atoms with E-state index in [0.717, 1.165) is 41.8 Å². The lowest BCUT2D eigenvalue weighted by molar-refractivity contribution is 0.496. The molecule has 1 atom stereocenters. The highest BCUT2D eigenvalue weighted by Crippen LogP contribution is 2.17. The molecule has 8 nitrogen and oxygen atoms in total. The van der Waals surface area contributed by atoms with Crippen molar-refractivity contribution in [3.8, 4) is 6.07 Å². The third kappa shape index (κ3) is 8.09. The molecule has 0 saturated heterocycles. The number of hydrogen-bond acceptors (Lipinski definition) is 6. The first-order valence-corrected chi connectivity index (χ1v) is 11.9. The maximum Gasteiger partial charge on any atom is 0.271 e. The average Bonchev–Trinajstić information content (AvgIpc) is 3.33. The van der Waals surface area contributed by atoms with Gasteiger partial charge < -0.3 is 21.0 Å². The van der Waals surface area contributed by atoms with E-state index in [1.165, 1.54) is 6.21 Å². The quantitative estimate of drug-likeness (QED) is 0.307. The van der Waals surface area contributed by atoms with Crippen LogP contribution in [0.1, 0.15) is 55.6 Å². The van der Waals surface area contributed by atoms with Crippen LogP contribution in [0.15, 0.2) is 59.7 Å². The standard InChI is InChI=1S/C25H29N7O.C2H6/c1-3-20(16-27)21-14-24(25(33)30-17-21)29-12-9-22(23-10-13-32(2)31-23)28-11-8-18-4-6-19(15-26)7-5-18;1-2/h3-7,10,13-14,16-17,22,27-29H,8-9,11-12H2,1-2H3,(H,30,33);1-2H3/b20-3+,27-16?;. The zero-order valence-corrected chi connectivity index (χ0v) is 20.9. The molecule has 8 heteroatoms. The Hall–Kier alpha value is -3.96. The van der Waals surface area contributed by atoms with Crippen LogP contribution in [0.25, 0.3) is 5.57 Å². The summed E-state index contributed by atoms with van der Waals surface area (Å²) in [6.07, 6.45) is 8.21. The summed E-state index contributed by atoms with van der Waals surface area (Å²) in [4.78, 5) is 15.0. The molecule has 1 aromatic carbocycles. The number of nitrogens with zero attached hydrogens (tertiary/aromatic N) is 3. The van der Waals surface area contributed by atoms with Gasteiger partial charge in [0.25, 0.3) is 5.56 Å². The molecule has 0 amide bonds. The van der Waals surface area contributed by atoms with Crippen molar-refractivity contribution in [2.24, 2.45) is 7.05 Å². The molecular formula is C27H35N7O. The van der Waals surface area contributed by atoms with Gasteiger partial charge in [-0.3, -0.25) is 9.48 Å². The zero-order valence-electron chi connectivity index (χ0n) is 20.9. The van der Waals surface area contributed by atoms with Crippen molar-refractivity contribution in [2.45, 2.75) is 39.7 Å². The summed E-state index contributed by atoms with van der Waals surface area (Å²) >= 11 is 0. The minimum absolute atomic E-state index is 0.0204. The van der Waals surface area contributed by atoms with Crippen molar-refractivity contribution in [1.82, 2.24) is 20.1 Å². The van der Waals surface area contributed by atoms with Gasteiger partial charge in [-0.1, -0.05) is 32.1 Å². The number of nitrogens with one attached hydrogen (secondary N) is 4. The molecule has 0 fully saturated rings. The van der Waals surface area contributed by atoms with Gasteiger partial charge in [-0.25, -0.2) is 0 Å². The first-order chi connectivity index (χ1) is 17.0. The van der Waals surface area contributed by atoms with Crippen molar-refractivity contribution in [3.63, 3.8) is 0 Å². The maximum atomic E-state index is 12.2. The van der Waals surface area contributed by atoms with E-state index in [4.69, 9.17) is 10.7 Å². The monoisotopic (exact) mass is 473 g/mol. The molecule has 3 aromatic rings. The van der Waals surface area contributed by atoms with Crippen LogP contribution < -0.4 is 16.2 Å². The third-order valence-corrected chi connectivity index (χ3v) is 5.43. The second-order valence-electron chi connectivity index (χ2n) is 7.71. The molecular weight excluding hydrogens is 438 g/mol. The van der Waals surface area contributed by atoms with Gasteiger partial charge in [0, 0.05) is 37.8 Å². The second kappa shape index (κ2) is 14.3. The molecule has 1 unspecified atom stereocenters. The average molecular weight is 474 g/mol. The number of anilines is 1. The molecule has 0 aliphatic rings. The Labute approximate surface area is 207 Å². The summed E-state index contributed by atoms with van der Waals surface area (Å²) in [7, 11) is 1.89. The lowest BCUT2D eigenvalue weighted by Crippen LogP contribution is -2.27. The summed E-state index contributed by atoms with van der Waals surface area (Å²) in [5, 5.41) is 27.8. The van der Waals surface area contributed by atoms with E-state index in [0.29, 0.717) is 17.8 Å². The van der Waals surface area contributed by atoms with Gasteiger partial charge in [-0.15, -0.1) is 0 Å². The molecule has 0 aliphatic heterocycles. The summed E-state index contributed by atoms with van der Waals surface area (Å²) in [5.74, 6) is 0. The molecule has 0 bridgehead atoms. The molecule has 0 aliphatic carbocycles. The number of nitriles is 1. The second-order valence-corrected chi connectivity index (χ2v) is 7.71. The fraction of sp³-hybridized carbons (Fsp3) is 0.333. The summed E-state index contributed by atoms with van der Waals surface area (Å²) in [6, 6.07) is 13.5. The zero-order chi connectivity index (χ0) is 25.6. The Kier molecular flexibility index (Phi) is 11.2. The fourth-order valence-corrected chi connectivity index (χ4v) is 3.58. The number of hydrogen-bond donors (Lipinski definition) is 4. The van der Waals surface area contributed by atoms with Crippen molar-refractivity contribution in [1.29, 1.82) is 10.7 Å². The Balaban J connectivity index is 0.00000210. The van der Waals surface area contributed by atoms with Gasteiger partial charge >= 0.3 is 0 Å². The lowest BCUT2D eigenvalue weighted by Gasteiger charge is -2.18. The molecule has 35 heavy (non-hydrogen) atoms. The molecule has 184 valence electrons. The maximum absolute atomic E-state index is 12.2. The van der Waals surface area contributed by atoms with E-state index in [9.17, 15) is 4.79 Å². The lowest BCUT2D eigenvalue weighted by atomic mass is 10.1. The molecule has 0 saturated carbocycles. The Bertz CT molecular complexity index is 1200. The van der Waals surface area contributed by atoms with Crippen LogP contribution in [-0.4, -0.2) is 34.1 Å². The number of aryl methyl sites for hydroxylation is 1. The Morgan fingerprint density at radius 3 is 2.60 bits per heavy atom. The largest absolute Gasteiger partial charge is 0.381 e. The number of pyridine rings is 1. The van der Waals surface area contributed by atoms with Crippen LogP contribution in [0.3, 0.4) is 0 Å². The summed E-state index contributed by atoms with van der Waals surface area (Å²) < 4.78 is 1.78. The Morgan fingerprint density at radius 2 is 2.00 bits per heavy atom. The van der Waals surface area contributed by atoms with Gasteiger partial charge in [0.1, 0.15) is 5.69 Å². The van der Waals surface area contributed by atoms with Crippen LogP contribution in [0.5, 0.6) is 0 Å². The van der Waals surface area contributed by atoms with Gasteiger partial charge in [-0.05, 0) is 61.7 Å². The first-order valence-electron chi connectivity index (χ1n) is 11.9. The topological polar surface area (TPSA) is 122 Å². The van der Waals surface area contributed by atoms with Gasteiger partial charge in [0.15, 0.2) is 0 Å². The molecule has 0 spiro atoms. The van der Waals surface area contributed by atoms with E-state index in [1.807, 2.05) is 70.4 Å². The van der Waals surface area contributed by atoms with E-state index in [1.54, 1.807) is 16.9 Å². The minimum Gasteiger partial charge on any atom is -0.381 e. The van der Waals surface area contributed by atoms with Crippen molar-refractivity contribution < 1.29 is 0 Å². The van der Waals surface area contributed by atoms with E-state index < -0.39 is 0 Å². The summed E-state index contributed by atoms with van der Waals surface area (Å²) in [6.45, 7) is 7.19. The number of allylic oxidation sites excluding steroid dienone is 2. The molecule has 2 aromatic heterocycles. The number of H-pyrrole nitrogens is 1. The van der Waals surface area contributed by atoms with Crippen LogP contribution in [0.4, 0.5) is 5.69 Å². The first kappa shape index (κ1) is 27.3. The SMILES string of the molecule is C/C=C(\C=N)c1c[nH]c(=O)c(NCCC(NCCc2ccc(C#N)cc2)c2ccn(C)n2)c1.CC. The number of benzene rings is 1. The number of aromatic nitrogens is 3. The van der Waals surface area contributed by atoms with Gasteiger partial charge in [0.05, 0.1) is 23.4 Å². The van der Waals surface area contributed by atoms with Crippen LogP contribution in [-0.2, 0) is 13.5 Å². The Morgan fingerprint density at radius 1 is 1.26 bits per heavy atom. The van der Waals surface area contributed by atoms with E-state index in [-0.39, 0.29) is 11.6 Å². The molecule has 2 heterocycles. The highest BCUT2D eigenvalue weighted by atomic mass is 16.1. The fourth-order valence-electron chi connectivity index (χ4n) is 3.58. The van der Waals surface area contributed by atoms with Crippen molar-refractivity contribution in [3.05, 3.63) is 87.6 Å². The van der Waals surface area contributed by atoms with Gasteiger partial charge in [0.2, 0.25) is 0 Å². The van der Waals surface area contributed by atoms with Crippen LogP contribution in [0, 0.1) is 16.7 Å². The molecule has 0 radical (unpaired) electrons. The van der Waals surface area contributed by atoms with Crippen LogP contribution >= 0.6 is 0 Å². The normalized spacial score (nSPS) is 11.7. The van der Waals surface area contributed by atoms with Crippen molar-refractivity contribution in [2.75, 3.05) is 18.4 Å². The number of aromatic amines is 1. The molecule has 3 rings (SSSR count). The highest BCUT2D eigenvalue weighted by Gasteiger charge is 2.14. The van der Waals surface area contributed by atoms with Crippen molar-refractivity contribution >= 4 is 17.5 Å². The van der Waals surface area contributed by atoms with E-state index >= 15 is 0 Å². The smallest absolute Gasteiger partial charge is 0.271 e. The van der Waals surface area contributed by atoms with Crippen LogP contribution in [0.2, 0.25) is 0 Å². The van der Waals surface area contributed by atoms with E-state index in [2.05, 4.69) is 26.8 Å². The molecule has 4 N–H and O–H groups in total. The highest BCUT2D eigenvalue weighted by molar-refractivity contribution is 6.08. The number of rotatable bonds is 11. The predicted octanol–water partition coefficient (Wildman–Crippen LogP) is 4.43. The minimum atomic E-state index is -0.192.